The van der Waals surface area contributed by atoms with Crippen molar-refractivity contribution in [1.82, 2.24) is 0 Å². The molecule has 64 valence electrons. The number of rotatable bonds is 4. The molecule has 0 spiro atoms. The van der Waals surface area contributed by atoms with Gasteiger partial charge in [0, 0.05) is 31.6 Å². The summed E-state index contributed by atoms with van der Waals surface area (Å²) >= 11 is 0. The van der Waals surface area contributed by atoms with Crippen LogP contribution in [0.1, 0.15) is 12.8 Å². The molecular formula is C5H12O4Si2. The molecule has 0 unspecified atom stereocenters. The second-order valence-electron chi connectivity index (χ2n) is 3.08. The summed E-state index contributed by atoms with van der Waals surface area (Å²) in [6, 6.07) is 0. The maximum Gasteiger partial charge on any atom is 0.303 e. The van der Waals surface area contributed by atoms with Gasteiger partial charge in [-0.25, -0.2) is 0 Å². The van der Waals surface area contributed by atoms with Gasteiger partial charge in [-0.1, -0.05) is 0 Å². The molecule has 4 nitrogen and oxygen atoms in total. The lowest BCUT2D eigenvalue weighted by molar-refractivity contribution is -0.139. The standard InChI is InChI=1S/C5H12O4Si2/c6-3(7)1-2-5(10,11)4(8)9/h1-2H2,10-11H3,(H,6,7)(H,8,9). The molecule has 0 amide bonds. The fourth-order valence-corrected chi connectivity index (χ4v) is 1.03. The molecule has 0 bridgehead atoms. The highest BCUT2D eigenvalue weighted by atomic mass is 28.2. The smallest absolute Gasteiger partial charge is 0.303 e. The molecule has 0 saturated heterocycles. The van der Waals surface area contributed by atoms with Crippen LogP contribution in [0.15, 0.2) is 0 Å². The molecule has 11 heavy (non-hydrogen) atoms. The van der Waals surface area contributed by atoms with Gasteiger partial charge in [0.2, 0.25) is 0 Å². The van der Waals surface area contributed by atoms with E-state index in [4.69, 9.17) is 10.2 Å². The van der Waals surface area contributed by atoms with Crippen molar-refractivity contribution in [2.75, 3.05) is 0 Å². The third kappa shape index (κ3) is 3.94. The van der Waals surface area contributed by atoms with Crippen LogP contribution in [-0.4, -0.2) is 42.6 Å². The largest absolute Gasteiger partial charge is 0.481 e. The number of hydrogen-bond donors (Lipinski definition) is 2. The molecule has 0 atom stereocenters. The van der Waals surface area contributed by atoms with Gasteiger partial charge in [0.15, 0.2) is 0 Å². The van der Waals surface area contributed by atoms with E-state index >= 15 is 0 Å². The lowest BCUT2D eigenvalue weighted by Crippen LogP contribution is -2.25. The predicted octanol–water partition coefficient (Wildman–Crippen LogP) is -2.22. The Morgan fingerprint density at radius 3 is 2.00 bits per heavy atom. The Hall–Kier alpha value is -0.626. The van der Waals surface area contributed by atoms with E-state index in [0.29, 0.717) is 20.5 Å². The average Bonchev–Trinajstić information content (AvgIpc) is 1.84. The summed E-state index contributed by atoms with van der Waals surface area (Å²) in [5.41, 5.74) is 0. The normalized spacial score (nSPS) is 16.0. The van der Waals surface area contributed by atoms with Crippen LogP contribution < -0.4 is 0 Å². The maximum absolute atomic E-state index is 10.5. The minimum absolute atomic E-state index is 0.0285. The van der Waals surface area contributed by atoms with Crippen LogP contribution >= 0.6 is 0 Å². The summed E-state index contributed by atoms with van der Waals surface area (Å²) in [5.74, 6) is -1.75. The molecule has 0 aromatic carbocycles. The van der Waals surface area contributed by atoms with Crippen LogP contribution in [-0.2, 0) is 9.59 Å². The first kappa shape index (κ1) is 10.4. The maximum atomic E-state index is 10.5. The Balaban J connectivity index is 3.92. The van der Waals surface area contributed by atoms with Crippen LogP contribution in [0.3, 0.4) is 0 Å². The second kappa shape index (κ2) is 3.67. The van der Waals surface area contributed by atoms with Gasteiger partial charge in [-0.05, 0) is 6.42 Å². The summed E-state index contributed by atoms with van der Waals surface area (Å²) in [6.07, 6.45) is 0.259. The van der Waals surface area contributed by atoms with Gasteiger partial charge in [-0.15, -0.1) is 0 Å². The summed E-state index contributed by atoms with van der Waals surface area (Å²) < 4.78 is -0.654. The first-order valence-electron chi connectivity index (χ1n) is 3.31. The molecule has 6 heteroatoms. The number of carboxylic acids is 2. The third-order valence-corrected chi connectivity index (χ3v) is 3.40. The van der Waals surface area contributed by atoms with Crippen molar-refractivity contribution in [2.45, 2.75) is 17.5 Å². The van der Waals surface area contributed by atoms with Crippen molar-refractivity contribution in [3.8, 4) is 0 Å². The Labute approximate surface area is 70.5 Å². The highest BCUT2D eigenvalue weighted by Gasteiger charge is 2.27. The van der Waals surface area contributed by atoms with Gasteiger partial charge in [0.1, 0.15) is 0 Å². The minimum atomic E-state index is -0.915. The Morgan fingerprint density at radius 2 is 1.73 bits per heavy atom. The van der Waals surface area contributed by atoms with Crippen LogP contribution in [0, 0.1) is 0 Å². The van der Waals surface area contributed by atoms with Crippen LogP contribution in [0.4, 0.5) is 0 Å². The minimum Gasteiger partial charge on any atom is -0.481 e. The fraction of sp³-hybridized carbons (Fsp3) is 0.600. The molecule has 0 aliphatic heterocycles. The fourth-order valence-electron chi connectivity index (χ4n) is 0.526. The number of aliphatic carboxylic acids is 2. The average molecular weight is 192 g/mol. The van der Waals surface area contributed by atoms with E-state index < -0.39 is 16.6 Å². The van der Waals surface area contributed by atoms with Crippen LogP contribution in [0.5, 0.6) is 0 Å². The molecule has 2 N–H and O–H groups in total. The monoisotopic (exact) mass is 192 g/mol. The number of hydrogen-bond acceptors (Lipinski definition) is 2. The lowest BCUT2D eigenvalue weighted by atomic mass is 10.2. The zero-order valence-corrected chi connectivity index (χ0v) is 10.6. The van der Waals surface area contributed by atoms with E-state index in [1.54, 1.807) is 0 Å². The Morgan fingerprint density at radius 1 is 1.27 bits per heavy atom. The van der Waals surface area contributed by atoms with Crippen LogP contribution in [0.2, 0.25) is 4.66 Å². The summed E-state index contributed by atoms with van der Waals surface area (Å²) in [6.45, 7) is 0. The van der Waals surface area contributed by atoms with Gasteiger partial charge in [0.05, 0.1) is 0 Å². The topological polar surface area (TPSA) is 74.6 Å². The molecule has 0 saturated carbocycles. The first-order valence-corrected chi connectivity index (χ1v) is 5.31. The number of carboxylic acid groups (broad SMARTS) is 2. The Bertz CT molecular complexity index is 177. The first-order chi connectivity index (χ1) is 4.86. The van der Waals surface area contributed by atoms with E-state index in [1.165, 1.54) is 0 Å². The van der Waals surface area contributed by atoms with Gasteiger partial charge < -0.3 is 10.2 Å². The quantitative estimate of drug-likeness (QED) is 0.495. The molecule has 0 aromatic heterocycles. The third-order valence-electron chi connectivity index (χ3n) is 1.54. The van der Waals surface area contributed by atoms with Crippen molar-refractivity contribution < 1.29 is 19.8 Å². The van der Waals surface area contributed by atoms with Gasteiger partial charge in [-0.3, -0.25) is 9.59 Å². The van der Waals surface area contributed by atoms with Crippen molar-refractivity contribution in [3.63, 3.8) is 0 Å². The molecule has 0 aliphatic carbocycles. The zero-order chi connectivity index (χ0) is 9.07. The Kier molecular flexibility index (Phi) is 3.47. The van der Waals surface area contributed by atoms with Crippen molar-refractivity contribution >= 4 is 32.4 Å². The van der Waals surface area contributed by atoms with Crippen molar-refractivity contribution in [2.24, 2.45) is 0 Å². The van der Waals surface area contributed by atoms with E-state index in [-0.39, 0.29) is 12.8 Å². The second-order valence-corrected chi connectivity index (χ2v) is 9.50. The summed E-state index contributed by atoms with van der Waals surface area (Å²) in [7, 11) is 1.07. The van der Waals surface area contributed by atoms with Crippen LogP contribution in [0.25, 0.3) is 0 Å². The lowest BCUT2D eigenvalue weighted by Gasteiger charge is -2.16. The van der Waals surface area contributed by atoms with Gasteiger partial charge in [-0.2, -0.15) is 0 Å². The number of carbonyl (C=O) groups is 2. The van der Waals surface area contributed by atoms with Gasteiger partial charge in [0.25, 0.3) is 0 Å². The SMILES string of the molecule is O=C(O)CCC([SiH3])([SiH3])C(=O)O. The highest BCUT2D eigenvalue weighted by Crippen LogP contribution is 2.22. The molecule has 0 fully saturated rings. The molecule has 0 aromatic rings. The molecular weight excluding hydrogens is 180 g/mol. The van der Waals surface area contributed by atoms with Crippen molar-refractivity contribution in [1.29, 1.82) is 0 Å². The molecule has 0 heterocycles. The summed E-state index contributed by atoms with van der Waals surface area (Å²) in [5, 5.41) is 16.9. The van der Waals surface area contributed by atoms with E-state index in [1.807, 2.05) is 0 Å². The highest BCUT2D eigenvalue weighted by molar-refractivity contribution is 6.49. The van der Waals surface area contributed by atoms with Crippen molar-refractivity contribution in [3.05, 3.63) is 0 Å². The molecule has 0 aliphatic rings. The summed E-state index contributed by atoms with van der Waals surface area (Å²) in [4.78, 5) is 20.6. The molecule has 0 radical (unpaired) electrons. The van der Waals surface area contributed by atoms with E-state index in [2.05, 4.69) is 0 Å². The van der Waals surface area contributed by atoms with E-state index in [9.17, 15) is 9.59 Å². The van der Waals surface area contributed by atoms with Gasteiger partial charge >= 0.3 is 11.9 Å². The zero-order valence-electron chi connectivity index (χ0n) is 6.63. The molecule has 0 rings (SSSR count). The van der Waals surface area contributed by atoms with E-state index in [0.717, 1.165) is 0 Å². The predicted molar refractivity (Wildman–Crippen MR) is 47.1 cm³/mol.